The van der Waals surface area contributed by atoms with E-state index in [4.69, 9.17) is 11.5 Å². The average molecular weight is 494 g/mol. The van der Waals surface area contributed by atoms with Crippen LogP contribution in [-0.4, -0.2) is 71.2 Å². The second kappa shape index (κ2) is 15.8. The number of hydrogen-bond donors (Lipinski definition) is 7. The van der Waals surface area contributed by atoms with Crippen molar-refractivity contribution < 1.29 is 29.4 Å². The molecule has 0 bridgehead atoms. The molecule has 4 atom stereocenters. The predicted molar refractivity (Wildman–Crippen MR) is 131 cm³/mol. The summed E-state index contributed by atoms with van der Waals surface area (Å²) in [4.78, 5) is 49.7. The van der Waals surface area contributed by atoms with Crippen molar-refractivity contribution in [2.45, 2.75) is 70.1 Å². The van der Waals surface area contributed by atoms with Crippen LogP contribution >= 0.6 is 0 Å². The molecule has 196 valence electrons. The van der Waals surface area contributed by atoms with Gasteiger partial charge in [0.1, 0.15) is 18.1 Å². The zero-order valence-electron chi connectivity index (χ0n) is 20.4. The summed E-state index contributed by atoms with van der Waals surface area (Å²) < 4.78 is 0. The number of rotatable bonds is 16. The standard InChI is InChI=1S/C24H39N5O6/c1-15(2)12-19(24(34)35)28-23(33)20(14-30)29-22(32)18(13-16-8-4-3-5-9-16)27-21(31)17(26)10-6-7-11-25/h3-5,8-9,15,17-20,30H,6-7,10-14,25-26H2,1-2H3,(H,27,31)(H,28,33)(H,29,32)(H,34,35). The van der Waals surface area contributed by atoms with Gasteiger partial charge in [0.25, 0.3) is 0 Å². The molecule has 0 saturated heterocycles. The van der Waals surface area contributed by atoms with Crippen LogP contribution in [0.4, 0.5) is 0 Å². The fourth-order valence-electron chi connectivity index (χ4n) is 3.41. The highest BCUT2D eigenvalue weighted by atomic mass is 16.4. The monoisotopic (exact) mass is 493 g/mol. The van der Waals surface area contributed by atoms with Crippen molar-refractivity contribution in [3.63, 3.8) is 0 Å². The lowest BCUT2D eigenvalue weighted by Crippen LogP contribution is -2.58. The van der Waals surface area contributed by atoms with Crippen molar-refractivity contribution in [3.8, 4) is 0 Å². The first kappa shape index (κ1) is 30.0. The molecule has 11 nitrogen and oxygen atoms in total. The highest BCUT2D eigenvalue weighted by Crippen LogP contribution is 2.07. The molecule has 0 heterocycles. The van der Waals surface area contributed by atoms with E-state index in [0.717, 1.165) is 12.0 Å². The zero-order valence-corrected chi connectivity index (χ0v) is 20.4. The Hall–Kier alpha value is -3.02. The summed E-state index contributed by atoms with van der Waals surface area (Å²) >= 11 is 0. The number of carboxylic acid groups (broad SMARTS) is 1. The molecule has 9 N–H and O–H groups in total. The summed E-state index contributed by atoms with van der Waals surface area (Å²) in [5.41, 5.74) is 12.2. The number of unbranched alkanes of at least 4 members (excludes halogenated alkanes) is 1. The molecule has 3 amide bonds. The molecular weight excluding hydrogens is 454 g/mol. The van der Waals surface area contributed by atoms with Crippen molar-refractivity contribution in [3.05, 3.63) is 35.9 Å². The van der Waals surface area contributed by atoms with E-state index in [2.05, 4.69) is 16.0 Å². The van der Waals surface area contributed by atoms with Gasteiger partial charge in [-0.2, -0.15) is 0 Å². The van der Waals surface area contributed by atoms with Crippen LogP contribution in [0.1, 0.15) is 45.1 Å². The smallest absolute Gasteiger partial charge is 0.326 e. The van der Waals surface area contributed by atoms with E-state index in [9.17, 15) is 29.4 Å². The van der Waals surface area contributed by atoms with E-state index >= 15 is 0 Å². The van der Waals surface area contributed by atoms with Gasteiger partial charge in [-0.3, -0.25) is 14.4 Å². The molecule has 0 fully saturated rings. The van der Waals surface area contributed by atoms with Crippen molar-refractivity contribution in [2.75, 3.05) is 13.2 Å². The third-order valence-corrected chi connectivity index (χ3v) is 5.36. The highest BCUT2D eigenvalue weighted by molar-refractivity contribution is 5.94. The first-order valence-electron chi connectivity index (χ1n) is 11.8. The molecule has 0 aliphatic heterocycles. The van der Waals surface area contributed by atoms with Crippen LogP contribution in [0.15, 0.2) is 30.3 Å². The number of carboxylic acids is 1. The third-order valence-electron chi connectivity index (χ3n) is 5.36. The summed E-state index contributed by atoms with van der Waals surface area (Å²) in [6.07, 6.45) is 2.09. The number of aliphatic hydroxyl groups is 1. The van der Waals surface area contributed by atoms with Gasteiger partial charge in [-0.25, -0.2) is 4.79 Å². The van der Waals surface area contributed by atoms with Gasteiger partial charge in [0.2, 0.25) is 17.7 Å². The highest BCUT2D eigenvalue weighted by Gasteiger charge is 2.30. The van der Waals surface area contributed by atoms with Crippen LogP contribution < -0.4 is 27.4 Å². The Bertz CT molecular complexity index is 820. The first-order valence-corrected chi connectivity index (χ1v) is 11.8. The van der Waals surface area contributed by atoms with Crippen molar-refractivity contribution in [1.82, 2.24) is 16.0 Å². The molecule has 0 aromatic heterocycles. The van der Waals surface area contributed by atoms with Crippen molar-refractivity contribution >= 4 is 23.7 Å². The molecule has 35 heavy (non-hydrogen) atoms. The van der Waals surface area contributed by atoms with Crippen LogP contribution in [0.5, 0.6) is 0 Å². The lowest BCUT2D eigenvalue weighted by Gasteiger charge is -2.25. The van der Waals surface area contributed by atoms with Crippen LogP contribution in [0.2, 0.25) is 0 Å². The minimum atomic E-state index is -1.40. The second-order valence-electron chi connectivity index (χ2n) is 8.91. The maximum absolute atomic E-state index is 13.0. The van der Waals surface area contributed by atoms with Crippen LogP contribution in [-0.2, 0) is 25.6 Å². The summed E-state index contributed by atoms with van der Waals surface area (Å²) in [6.45, 7) is 3.35. The Morgan fingerprint density at radius 1 is 0.886 bits per heavy atom. The number of aliphatic carboxylic acids is 1. The van der Waals surface area contributed by atoms with E-state index in [-0.39, 0.29) is 18.8 Å². The van der Waals surface area contributed by atoms with Crippen LogP contribution in [0.25, 0.3) is 0 Å². The normalized spacial score (nSPS) is 14.5. The van der Waals surface area contributed by atoms with Gasteiger partial charge in [0.05, 0.1) is 12.6 Å². The van der Waals surface area contributed by atoms with Crippen molar-refractivity contribution in [1.29, 1.82) is 0 Å². The van der Waals surface area contributed by atoms with Gasteiger partial charge in [-0.1, -0.05) is 50.6 Å². The largest absolute Gasteiger partial charge is 0.480 e. The molecule has 0 aliphatic carbocycles. The molecule has 1 rings (SSSR count). The van der Waals surface area contributed by atoms with Gasteiger partial charge in [-0.05, 0) is 37.3 Å². The van der Waals surface area contributed by atoms with Gasteiger partial charge in [0, 0.05) is 6.42 Å². The van der Waals surface area contributed by atoms with Crippen molar-refractivity contribution in [2.24, 2.45) is 17.4 Å². The Labute approximate surface area is 206 Å². The Balaban J connectivity index is 2.94. The molecular formula is C24H39N5O6. The summed E-state index contributed by atoms with van der Waals surface area (Å²) in [6, 6.07) is 4.48. The van der Waals surface area contributed by atoms with E-state index < -0.39 is 54.5 Å². The predicted octanol–water partition coefficient (Wildman–Crippen LogP) is -0.737. The zero-order chi connectivity index (χ0) is 26.4. The second-order valence-corrected chi connectivity index (χ2v) is 8.91. The molecule has 1 aromatic carbocycles. The fraction of sp³-hybridized carbons (Fsp3) is 0.583. The lowest BCUT2D eigenvalue weighted by molar-refractivity contribution is -0.143. The fourth-order valence-corrected chi connectivity index (χ4v) is 3.41. The average Bonchev–Trinajstić information content (AvgIpc) is 2.81. The number of carbonyl (C=O) groups excluding carboxylic acids is 3. The maximum Gasteiger partial charge on any atom is 0.326 e. The van der Waals surface area contributed by atoms with Gasteiger partial charge in [-0.15, -0.1) is 0 Å². The van der Waals surface area contributed by atoms with Crippen LogP contribution in [0, 0.1) is 5.92 Å². The first-order chi connectivity index (χ1) is 16.6. The number of benzene rings is 1. The summed E-state index contributed by atoms with van der Waals surface area (Å²) in [5.74, 6) is -3.28. The Morgan fingerprint density at radius 3 is 2.00 bits per heavy atom. The molecule has 0 saturated carbocycles. The summed E-state index contributed by atoms with van der Waals surface area (Å²) in [5, 5.41) is 26.5. The molecule has 1 aromatic rings. The van der Waals surface area contributed by atoms with E-state index in [1.54, 1.807) is 24.3 Å². The number of aliphatic hydroxyl groups excluding tert-OH is 1. The maximum atomic E-state index is 13.0. The summed E-state index contributed by atoms with van der Waals surface area (Å²) in [7, 11) is 0. The topological polar surface area (TPSA) is 197 Å². The molecule has 0 aliphatic rings. The minimum Gasteiger partial charge on any atom is -0.480 e. The Morgan fingerprint density at radius 2 is 1.46 bits per heavy atom. The number of nitrogens with one attached hydrogen (secondary N) is 3. The SMILES string of the molecule is CC(C)CC(NC(=O)C(CO)NC(=O)C(Cc1ccccc1)NC(=O)C(N)CCCCN)C(=O)O. The number of hydrogen-bond acceptors (Lipinski definition) is 7. The van der Waals surface area contributed by atoms with E-state index in [1.807, 2.05) is 19.9 Å². The Kier molecular flexibility index (Phi) is 13.5. The number of carbonyl (C=O) groups is 4. The number of nitrogens with two attached hydrogens (primary N) is 2. The van der Waals surface area contributed by atoms with Gasteiger partial charge < -0.3 is 37.6 Å². The third kappa shape index (κ3) is 11.3. The van der Waals surface area contributed by atoms with Gasteiger partial charge in [0.15, 0.2) is 0 Å². The lowest BCUT2D eigenvalue weighted by atomic mass is 10.0. The molecule has 0 spiro atoms. The van der Waals surface area contributed by atoms with Gasteiger partial charge >= 0.3 is 5.97 Å². The minimum absolute atomic E-state index is 0.00177. The van der Waals surface area contributed by atoms with E-state index in [0.29, 0.717) is 19.4 Å². The van der Waals surface area contributed by atoms with E-state index in [1.165, 1.54) is 0 Å². The molecule has 4 unspecified atom stereocenters. The van der Waals surface area contributed by atoms with Crippen LogP contribution in [0.3, 0.4) is 0 Å². The molecule has 11 heteroatoms. The molecule has 0 radical (unpaired) electrons. The quantitative estimate of drug-likeness (QED) is 0.146. The number of amides is 3.